The largest absolute Gasteiger partial charge is 0.433 e. The highest BCUT2D eigenvalue weighted by Gasteiger charge is 2.39. The van der Waals surface area contributed by atoms with Crippen molar-refractivity contribution in [2.45, 2.75) is 45.1 Å². The van der Waals surface area contributed by atoms with E-state index in [2.05, 4.69) is 4.98 Å². The minimum atomic E-state index is -4.42. The Hall–Kier alpha value is -1.30. The van der Waals surface area contributed by atoms with Crippen LogP contribution in [0.25, 0.3) is 0 Å². The third-order valence-electron chi connectivity index (χ3n) is 3.04. The molecule has 0 atom stereocenters. The van der Waals surface area contributed by atoms with Crippen LogP contribution in [-0.2, 0) is 10.9 Å². The number of hydrogen-bond acceptors (Lipinski definition) is 3. The molecule has 112 valence electrons. The quantitative estimate of drug-likeness (QED) is 0.791. The summed E-state index contributed by atoms with van der Waals surface area (Å²) in [5, 5.41) is 0. The molecule has 0 aromatic carbocycles. The number of aromatic nitrogens is 1. The molecule has 1 aliphatic rings. The molecule has 0 bridgehead atoms. The second-order valence-electron chi connectivity index (χ2n) is 6.36. The van der Waals surface area contributed by atoms with Gasteiger partial charge in [0.15, 0.2) is 0 Å². The minimum absolute atomic E-state index is 0.337. The van der Waals surface area contributed by atoms with Crippen molar-refractivity contribution in [1.82, 2.24) is 4.98 Å². The second-order valence-corrected chi connectivity index (χ2v) is 6.36. The summed E-state index contributed by atoms with van der Waals surface area (Å²) < 4.78 is 44.1. The average Bonchev–Trinajstić information content (AvgIpc) is 2.24. The Morgan fingerprint density at radius 1 is 1.10 bits per heavy atom. The lowest BCUT2D eigenvalue weighted by Gasteiger charge is -2.47. The SMILES string of the molecule is CC1(C)CN(c2cccc(C(F)(F)F)n2)CC(C)(C)O1. The first-order valence-corrected chi connectivity index (χ1v) is 6.48. The number of nitrogens with zero attached hydrogens (tertiary/aromatic N) is 2. The zero-order valence-corrected chi connectivity index (χ0v) is 12.1. The van der Waals surface area contributed by atoms with E-state index in [1.54, 1.807) is 6.07 Å². The van der Waals surface area contributed by atoms with Gasteiger partial charge in [-0.15, -0.1) is 0 Å². The molecule has 0 amide bonds. The highest BCUT2D eigenvalue weighted by molar-refractivity contribution is 5.41. The van der Waals surface area contributed by atoms with E-state index in [1.807, 2.05) is 32.6 Å². The fraction of sp³-hybridized carbons (Fsp3) is 0.643. The third-order valence-corrected chi connectivity index (χ3v) is 3.04. The summed E-state index contributed by atoms with van der Waals surface area (Å²) in [6.07, 6.45) is -4.42. The maximum Gasteiger partial charge on any atom is 0.433 e. The second kappa shape index (κ2) is 4.62. The molecule has 0 spiro atoms. The Morgan fingerprint density at radius 2 is 1.65 bits per heavy atom. The fourth-order valence-corrected chi connectivity index (χ4v) is 2.71. The van der Waals surface area contributed by atoms with Crippen LogP contribution in [0.4, 0.5) is 19.0 Å². The first-order chi connectivity index (χ1) is 8.99. The molecule has 6 heteroatoms. The lowest BCUT2D eigenvalue weighted by Crippen LogP contribution is -2.57. The first kappa shape index (κ1) is 15.1. The molecular formula is C14H19F3N2O. The van der Waals surface area contributed by atoms with Gasteiger partial charge in [-0.3, -0.25) is 0 Å². The van der Waals surface area contributed by atoms with Crippen LogP contribution in [0.1, 0.15) is 33.4 Å². The molecule has 20 heavy (non-hydrogen) atoms. The molecule has 0 radical (unpaired) electrons. The highest BCUT2D eigenvalue weighted by Crippen LogP contribution is 2.33. The van der Waals surface area contributed by atoms with Gasteiger partial charge in [0.2, 0.25) is 0 Å². The van der Waals surface area contributed by atoms with Gasteiger partial charge in [0.05, 0.1) is 11.2 Å². The summed E-state index contributed by atoms with van der Waals surface area (Å²) in [5.74, 6) is 0.337. The van der Waals surface area contributed by atoms with Crippen molar-refractivity contribution in [2.24, 2.45) is 0 Å². The number of halogens is 3. The van der Waals surface area contributed by atoms with Gasteiger partial charge in [-0.25, -0.2) is 4.98 Å². The normalized spacial score (nSPS) is 21.9. The van der Waals surface area contributed by atoms with Gasteiger partial charge in [-0.1, -0.05) is 6.07 Å². The Balaban J connectivity index is 2.32. The van der Waals surface area contributed by atoms with E-state index in [-0.39, 0.29) is 0 Å². The lowest BCUT2D eigenvalue weighted by atomic mass is 9.99. The van der Waals surface area contributed by atoms with Crippen molar-refractivity contribution in [2.75, 3.05) is 18.0 Å². The number of hydrogen-bond donors (Lipinski definition) is 0. The molecule has 1 aromatic rings. The number of rotatable bonds is 1. The van der Waals surface area contributed by atoms with Gasteiger partial charge in [0.1, 0.15) is 11.5 Å². The summed E-state index contributed by atoms with van der Waals surface area (Å²) >= 11 is 0. The summed E-state index contributed by atoms with van der Waals surface area (Å²) in [4.78, 5) is 5.59. The van der Waals surface area contributed by atoms with Crippen LogP contribution in [0.3, 0.4) is 0 Å². The van der Waals surface area contributed by atoms with Crippen LogP contribution in [-0.4, -0.2) is 29.3 Å². The van der Waals surface area contributed by atoms with Crippen molar-refractivity contribution in [3.63, 3.8) is 0 Å². The van der Waals surface area contributed by atoms with Crippen LogP contribution < -0.4 is 4.90 Å². The van der Waals surface area contributed by atoms with E-state index >= 15 is 0 Å². The number of alkyl halides is 3. The van der Waals surface area contributed by atoms with Gasteiger partial charge >= 0.3 is 6.18 Å². The van der Waals surface area contributed by atoms with Crippen molar-refractivity contribution in [1.29, 1.82) is 0 Å². The van der Waals surface area contributed by atoms with E-state index in [0.29, 0.717) is 18.9 Å². The van der Waals surface area contributed by atoms with Crippen LogP contribution in [0.15, 0.2) is 18.2 Å². The standard InChI is InChI=1S/C14H19F3N2O/c1-12(2)8-19(9-13(3,4)20-12)11-7-5-6-10(18-11)14(15,16)17/h5-7H,8-9H2,1-4H3. The average molecular weight is 288 g/mol. The minimum Gasteiger partial charge on any atom is -0.366 e. The molecule has 0 aliphatic carbocycles. The summed E-state index contributed by atoms with van der Waals surface area (Å²) in [6, 6.07) is 3.98. The Morgan fingerprint density at radius 3 is 2.15 bits per heavy atom. The number of ether oxygens (including phenoxy) is 1. The predicted octanol–water partition coefficient (Wildman–Crippen LogP) is 3.49. The van der Waals surface area contributed by atoms with E-state index < -0.39 is 23.1 Å². The van der Waals surface area contributed by atoms with Gasteiger partial charge < -0.3 is 9.64 Å². The van der Waals surface area contributed by atoms with Crippen molar-refractivity contribution in [3.05, 3.63) is 23.9 Å². The van der Waals surface area contributed by atoms with E-state index in [4.69, 9.17) is 4.74 Å². The zero-order valence-electron chi connectivity index (χ0n) is 12.1. The first-order valence-electron chi connectivity index (χ1n) is 6.48. The molecule has 2 rings (SSSR count). The smallest absolute Gasteiger partial charge is 0.366 e. The van der Waals surface area contributed by atoms with E-state index in [9.17, 15) is 13.2 Å². The van der Waals surface area contributed by atoms with Gasteiger partial charge in [0.25, 0.3) is 0 Å². The Bertz CT molecular complexity index is 481. The molecule has 3 nitrogen and oxygen atoms in total. The van der Waals surface area contributed by atoms with Crippen LogP contribution >= 0.6 is 0 Å². The zero-order chi connectivity index (χ0) is 15.2. The van der Waals surface area contributed by atoms with Crippen molar-refractivity contribution < 1.29 is 17.9 Å². The van der Waals surface area contributed by atoms with Crippen LogP contribution in [0.5, 0.6) is 0 Å². The fourth-order valence-electron chi connectivity index (χ4n) is 2.71. The summed E-state index contributed by atoms with van der Waals surface area (Å²) in [5.41, 5.74) is -1.73. The van der Waals surface area contributed by atoms with Crippen molar-refractivity contribution >= 4 is 5.82 Å². The third kappa shape index (κ3) is 3.42. The predicted molar refractivity (Wildman–Crippen MR) is 70.7 cm³/mol. The van der Waals surface area contributed by atoms with E-state index in [0.717, 1.165) is 6.07 Å². The van der Waals surface area contributed by atoms with Crippen molar-refractivity contribution in [3.8, 4) is 0 Å². The Kier molecular flexibility index (Phi) is 3.48. The molecule has 2 heterocycles. The molecule has 1 saturated heterocycles. The Labute approximate surface area is 116 Å². The number of anilines is 1. The maximum absolute atomic E-state index is 12.7. The van der Waals surface area contributed by atoms with Gasteiger partial charge in [0, 0.05) is 13.1 Å². The molecule has 0 saturated carbocycles. The maximum atomic E-state index is 12.7. The highest BCUT2D eigenvalue weighted by atomic mass is 19.4. The van der Waals surface area contributed by atoms with Gasteiger partial charge in [-0.05, 0) is 39.8 Å². The molecule has 0 N–H and O–H groups in total. The monoisotopic (exact) mass is 288 g/mol. The molecule has 1 aromatic heterocycles. The summed E-state index contributed by atoms with van der Waals surface area (Å²) in [6.45, 7) is 8.71. The van der Waals surface area contributed by atoms with Gasteiger partial charge in [-0.2, -0.15) is 13.2 Å². The van der Waals surface area contributed by atoms with Crippen LogP contribution in [0, 0.1) is 0 Å². The summed E-state index contributed by atoms with van der Waals surface area (Å²) in [7, 11) is 0. The topological polar surface area (TPSA) is 25.4 Å². The number of pyridine rings is 1. The molecule has 1 fully saturated rings. The molecule has 0 unspecified atom stereocenters. The number of morpholine rings is 1. The van der Waals surface area contributed by atoms with Crippen LogP contribution in [0.2, 0.25) is 0 Å². The lowest BCUT2D eigenvalue weighted by molar-refractivity contribution is -0.141. The van der Waals surface area contributed by atoms with E-state index in [1.165, 1.54) is 6.07 Å². The molecular weight excluding hydrogens is 269 g/mol. The molecule has 1 aliphatic heterocycles.